The van der Waals surface area contributed by atoms with Gasteiger partial charge in [0, 0.05) is 61.8 Å². The van der Waals surface area contributed by atoms with E-state index in [4.69, 9.17) is 6.42 Å². The second-order valence-corrected chi connectivity index (χ2v) is 11.3. The SMILES string of the molecule is C#CC[n+]1ccc2c(C)c3[nH]c4ccc(O)cc4c3c(C)c2c1.Cc1c2ccncc2c(C)c2c1[nH]c1ccc(O)cc12. The van der Waals surface area contributed by atoms with Crippen LogP contribution >= 0.6 is 0 Å². The Bertz CT molecular complexity index is 2460. The maximum absolute atomic E-state index is 9.86. The molecule has 0 aliphatic heterocycles. The lowest BCUT2D eigenvalue weighted by molar-refractivity contribution is -0.683. The summed E-state index contributed by atoms with van der Waals surface area (Å²) in [5.41, 5.74) is 9.19. The maximum atomic E-state index is 9.86. The molecule has 4 aromatic heterocycles. The van der Waals surface area contributed by atoms with Crippen molar-refractivity contribution in [3.63, 3.8) is 0 Å². The molecule has 0 aliphatic carbocycles. The zero-order chi connectivity index (χ0) is 30.0. The summed E-state index contributed by atoms with van der Waals surface area (Å²) in [4.78, 5) is 11.2. The number of hydrogen-bond acceptors (Lipinski definition) is 3. The molecule has 0 spiro atoms. The van der Waals surface area contributed by atoms with Gasteiger partial charge in [-0.25, -0.2) is 0 Å². The number of aromatic hydroxyl groups is 2. The maximum Gasteiger partial charge on any atom is 0.208 e. The Hall–Kier alpha value is -5.54. The number of terminal acetylenes is 1. The number of rotatable bonds is 1. The molecule has 43 heavy (non-hydrogen) atoms. The number of phenols is 2. The van der Waals surface area contributed by atoms with Crippen molar-refractivity contribution in [3.05, 3.63) is 95.6 Å². The Morgan fingerprint density at radius 1 is 0.698 bits per heavy atom. The fraction of sp³-hybridized carbons (Fsp3) is 0.135. The molecule has 8 aromatic rings. The van der Waals surface area contributed by atoms with Gasteiger partial charge in [0.05, 0.1) is 11.0 Å². The second-order valence-electron chi connectivity index (χ2n) is 11.3. The van der Waals surface area contributed by atoms with Gasteiger partial charge in [0.15, 0.2) is 12.4 Å². The summed E-state index contributed by atoms with van der Waals surface area (Å²) in [5, 5.41) is 28.9. The molecular formula is C37H31N4O2+. The molecule has 4 heterocycles. The third kappa shape index (κ3) is 4.04. The Kier molecular flexibility index (Phi) is 6.00. The van der Waals surface area contributed by atoms with Crippen LogP contribution in [0.5, 0.6) is 11.5 Å². The average molecular weight is 564 g/mol. The molecule has 0 atom stereocenters. The van der Waals surface area contributed by atoms with E-state index in [9.17, 15) is 10.2 Å². The van der Waals surface area contributed by atoms with E-state index in [1.54, 1.807) is 12.1 Å². The summed E-state index contributed by atoms with van der Waals surface area (Å²) in [6.07, 6.45) is 13.3. The fourth-order valence-electron chi connectivity index (χ4n) is 6.63. The highest BCUT2D eigenvalue weighted by molar-refractivity contribution is 6.17. The second kappa shape index (κ2) is 9.78. The van der Waals surface area contributed by atoms with E-state index in [-0.39, 0.29) is 5.75 Å². The quantitative estimate of drug-likeness (QED) is 0.121. The van der Waals surface area contributed by atoms with Gasteiger partial charge in [-0.2, -0.15) is 4.57 Å². The van der Waals surface area contributed by atoms with Crippen LogP contribution in [0.2, 0.25) is 0 Å². The number of nitrogens with one attached hydrogen (secondary N) is 2. The summed E-state index contributed by atoms with van der Waals surface area (Å²) in [6, 6.07) is 15.1. The summed E-state index contributed by atoms with van der Waals surface area (Å²) < 4.78 is 2.02. The minimum atomic E-state index is 0.283. The molecule has 0 amide bonds. The van der Waals surface area contributed by atoms with Crippen molar-refractivity contribution in [2.24, 2.45) is 0 Å². The smallest absolute Gasteiger partial charge is 0.208 e. The number of pyridine rings is 2. The van der Waals surface area contributed by atoms with Gasteiger partial charge in [0.1, 0.15) is 11.5 Å². The van der Waals surface area contributed by atoms with Crippen molar-refractivity contribution in [1.29, 1.82) is 0 Å². The molecule has 6 heteroatoms. The van der Waals surface area contributed by atoms with Gasteiger partial charge in [0.25, 0.3) is 0 Å². The lowest BCUT2D eigenvalue weighted by atomic mass is 9.97. The minimum Gasteiger partial charge on any atom is -0.508 e. The van der Waals surface area contributed by atoms with Crippen LogP contribution in [0.3, 0.4) is 0 Å². The minimum absolute atomic E-state index is 0.283. The number of aromatic nitrogens is 4. The molecule has 0 bridgehead atoms. The fourth-order valence-corrected chi connectivity index (χ4v) is 6.63. The van der Waals surface area contributed by atoms with Crippen LogP contribution < -0.4 is 4.57 Å². The average Bonchev–Trinajstić information content (AvgIpc) is 3.58. The van der Waals surface area contributed by atoms with E-state index in [0.717, 1.165) is 32.8 Å². The van der Waals surface area contributed by atoms with Crippen LogP contribution in [0.1, 0.15) is 22.3 Å². The first kappa shape index (κ1) is 26.4. The molecule has 0 unspecified atom stereocenters. The summed E-state index contributed by atoms with van der Waals surface area (Å²) in [7, 11) is 0. The molecule has 4 aromatic carbocycles. The van der Waals surface area contributed by atoms with Gasteiger partial charge in [-0.3, -0.25) is 4.98 Å². The van der Waals surface area contributed by atoms with Gasteiger partial charge >= 0.3 is 0 Å². The first-order valence-corrected chi connectivity index (χ1v) is 14.2. The summed E-state index contributed by atoms with van der Waals surface area (Å²) in [5.74, 6) is 3.25. The van der Waals surface area contributed by atoms with Crippen LogP contribution in [0.15, 0.2) is 73.3 Å². The number of aryl methyl sites for hydroxylation is 4. The van der Waals surface area contributed by atoms with Crippen molar-refractivity contribution in [2.45, 2.75) is 34.2 Å². The molecule has 210 valence electrons. The Balaban J connectivity index is 0.000000141. The van der Waals surface area contributed by atoms with Crippen molar-refractivity contribution >= 4 is 65.2 Å². The standard InChI is InChI=1S/C20H16N2O.C17H14N2O/c1-4-8-22-9-7-15-13(3)20-19(12(2)17(15)11-22)16-10-14(23)5-6-18(16)21-20;1-9-14-8-18-6-5-12(14)10(2)17-16(9)13-7-11(20)3-4-15(13)19-17/h1,5-7,9-11,23H,8H2,2-3H3;3-8,19-20H,1-2H3/p+1. The summed E-state index contributed by atoms with van der Waals surface area (Å²) >= 11 is 0. The number of aromatic amines is 2. The van der Waals surface area contributed by atoms with Crippen LogP contribution in [-0.2, 0) is 6.54 Å². The first-order chi connectivity index (χ1) is 20.8. The van der Waals surface area contributed by atoms with E-state index in [1.807, 2.05) is 47.4 Å². The number of hydrogen-bond donors (Lipinski definition) is 4. The molecule has 8 rings (SSSR count). The lowest BCUT2D eigenvalue weighted by Gasteiger charge is -2.08. The van der Waals surface area contributed by atoms with E-state index in [0.29, 0.717) is 12.3 Å². The van der Waals surface area contributed by atoms with Crippen molar-refractivity contribution in [2.75, 3.05) is 0 Å². The Morgan fingerprint density at radius 2 is 1.26 bits per heavy atom. The Labute approximate surface area is 248 Å². The number of nitrogens with zero attached hydrogens (tertiary/aromatic N) is 2. The predicted molar refractivity (Wildman–Crippen MR) is 176 cm³/mol. The molecule has 6 nitrogen and oxygen atoms in total. The van der Waals surface area contributed by atoms with Gasteiger partial charge in [-0.1, -0.05) is 0 Å². The van der Waals surface area contributed by atoms with Crippen LogP contribution in [0.4, 0.5) is 0 Å². The molecular weight excluding hydrogens is 532 g/mol. The third-order valence-electron chi connectivity index (χ3n) is 8.79. The van der Waals surface area contributed by atoms with Crippen molar-refractivity contribution in [3.8, 4) is 23.8 Å². The molecule has 0 fully saturated rings. The van der Waals surface area contributed by atoms with Gasteiger partial charge < -0.3 is 20.2 Å². The predicted octanol–water partition coefficient (Wildman–Crippen LogP) is 7.91. The van der Waals surface area contributed by atoms with Crippen LogP contribution in [0.25, 0.3) is 65.2 Å². The van der Waals surface area contributed by atoms with Crippen LogP contribution in [-0.4, -0.2) is 25.2 Å². The third-order valence-corrected chi connectivity index (χ3v) is 8.79. The van der Waals surface area contributed by atoms with Crippen molar-refractivity contribution in [1.82, 2.24) is 15.0 Å². The zero-order valence-electron chi connectivity index (χ0n) is 24.5. The number of H-pyrrole nitrogens is 2. The van der Waals surface area contributed by atoms with Gasteiger partial charge in [-0.05, 0) is 109 Å². The largest absolute Gasteiger partial charge is 0.508 e. The molecule has 4 N–H and O–H groups in total. The Morgan fingerprint density at radius 3 is 1.84 bits per heavy atom. The van der Waals surface area contributed by atoms with Gasteiger partial charge in [0.2, 0.25) is 6.54 Å². The number of benzene rings is 4. The highest BCUT2D eigenvalue weighted by Gasteiger charge is 2.17. The molecule has 0 radical (unpaired) electrons. The van der Waals surface area contributed by atoms with Crippen molar-refractivity contribution < 1.29 is 14.8 Å². The van der Waals surface area contributed by atoms with E-state index >= 15 is 0 Å². The zero-order valence-corrected chi connectivity index (χ0v) is 24.5. The van der Waals surface area contributed by atoms with E-state index in [2.05, 4.69) is 66.9 Å². The summed E-state index contributed by atoms with van der Waals surface area (Å²) in [6.45, 7) is 9.05. The monoisotopic (exact) mass is 563 g/mol. The number of phenolic OH excluding ortho intramolecular Hbond substituents is 2. The highest BCUT2D eigenvalue weighted by atomic mass is 16.3. The molecule has 0 saturated heterocycles. The molecule has 0 aliphatic rings. The first-order valence-electron chi connectivity index (χ1n) is 14.2. The number of fused-ring (bicyclic) bond motifs is 8. The lowest BCUT2D eigenvalue weighted by Crippen LogP contribution is -2.31. The topological polar surface area (TPSA) is 88.8 Å². The van der Waals surface area contributed by atoms with Crippen LogP contribution in [0, 0.1) is 40.0 Å². The van der Waals surface area contributed by atoms with E-state index in [1.165, 1.54) is 54.6 Å². The molecule has 0 saturated carbocycles. The normalized spacial score (nSPS) is 11.5. The highest BCUT2D eigenvalue weighted by Crippen LogP contribution is 2.38. The van der Waals surface area contributed by atoms with E-state index < -0.39 is 0 Å². The van der Waals surface area contributed by atoms with Gasteiger partial charge in [-0.15, -0.1) is 6.42 Å².